The molecule has 0 aliphatic carbocycles. The zero-order chi connectivity index (χ0) is 19.7. The zero-order valence-electron chi connectivity index (χ0n) is 16.4. The van der Waals surface area contributed by atoms with Gasteiger partial charge < -0.3 is 19.0 Å². The minimum Gasteiger partial charge on any atom is -0.427 e. The first-order chi connectivity index (χ1) is 13.5. The maximum atomic E-state index is 12.8. The van der Waals surface area contributed by atoms with E-state index in [1.165, 1.54) is 6.07 Å². The van der Waals surface area contributed by atoms with Crippen LogP contribution in [0.5, 0.6) is 0 Å². The van der Waals surface area contributed by atoms with Crippen molar-refractivity contribution < 1.29 is 13.9 Å². The molecule has 2 aliphatic heterocycles. The van der Waals surface area contributed by atoms with E-state index in [-0.39, 0.29) is 11.9 Å². The molecule has 1 unspecified atom stereocenters. The molecule has 8 heteroatoms. The molecule has 1 N–H and O–H groups in total. The van der Waals surface area contributed by atoms with Gasteiger partial charge in [-0.25, -0.2) is 4.79 Å². The van der Waals surface area contributed by atoms with E-state index < -0.39 is 5.63 Å². The molecule has 1 amide bonds. The second-order valence-electron chi connectivity index (χ2n) is 7.69. The average Bonchev–Trinajstić information content (AvgIpc) is 2.96. The number of nitrogens with zero attached hydrogens (tertiary/aromatic N) is 3. The fraction of sp³-hybridized carbons (Fsp3) is 0.600. The predicted molar refractivity (Wildman–Crippen MR) is 101 cm³/mol. The van der Waals surface area contributed by atoms with Crippen molar-refractivity contribution >= 4 is 5.91 Å². The molecule has 2 aliphatic rings. The molecule has 2 aromatic heterocycles. The molecule has 0 radical (unpaired) electrons. The number of nitrogens with one attached hydrogen (secondary N) is 1. The number of ether oxygens (including phenoxy) is 1. The van der Waals surface area contributed by atoms with Gasteiger partial charge in [0, 0.05) is 44.2 Å². The summed E-state index contributed by atoms with van der Waals surface area (Å²) in [5, 5.41) is 12.0. The van der Waals surface area contributed by atoms with E-state index in [1.807, 2.05) is 0 Å². The Morgan fingerprint density at radius 1 is 1.18 bits per heavy atom. The van der Waals surface area contributed by atoms with Crippen LogP contribution in [0, 0.1) is 13.8 Å². The Morgan fingerprint density at radius 2 is 1.96 bits per heavy atom. The Morgan fingerprint density at radius 3 is 2.71 bits per heavy atom. The Kier molecular flexibility index (Phi) is 5.30. The molecule has 1 fully saturated rings. The summed E-state index contributed by atoms with van der Waals surface area (Å²) >= 11 is 0. The fourth-order valence-corrected chi connectivity index (χ4v) is 4.27. The van der Waals surface area contributed by atoms with Crippen LogP contribution in [-0.2, 0) is 17.7 Å². The van der Waals surface area contributed by atoms with Crippen LogP contribution in [0.25, 0.3) is 0 Å². The van der Waals surface area contributed by atoms with Crippen molar-refractivity contribution in [2.24, 2.45) is 0 Å². The molecule has 28 heavy (non-hydrogen) atoms. The summed E-state index contributed by atoms with van der Waals surface area (Å²) in [7, 11) is 0. The number of rotatable bonds is 3. The molecule has 150 valence electrons. The average molecular weight is 386 g/mol. The highest BCUT2D eigenvalue weighted by atomic mass is 16.5. The molecule has 8 nitrogen and oxygen atoms in total. The largest absolute Gasteiger partial charge is 0.427 e. The quantitative estimate of drug-likeness (QED) is 0.865. The minimum absolute atomic E-state index is 0.0440. The van der Waals surface area contributed by atoms with Gasteiger partial charge in [0.1, 0.15) is 17.4 Å². The molecular weight excluding hydrogens is 360 g/mol. The van der Waals surface area contributed by atoms with Crippen molar-refractivity contribution in [1.82, 2.24) is 20.1 Å². The van der Waals surface area contributed by atoms with Gasteiger partial charge in [-0.15, -0.1) is 10.2 Å². The number of hydrogen-bond acceptors (Lipinski definition) is 6. The van der Waals surface area contributed by atoms with Crippen LogP contribution in [0.15, 0.2) is 15.3 Å². The van der Waals surface area contributed by atoms with Gasteiger partial charge in [-0.05, 0) is 45.1 Å². The highest BCUT2D eigenvalue weighted by molar-refractivity contribution is 5.96. The Bertz CT molecular complexity index is 901. The van der Waals surface area contributed by atoms with Crippen LogP contribution in [0.3, 0.4) is 0 Å². The molecule has 1 saturated heterocycles. The molecule has 0 bridgehead atoms. The number of carbonyl (C=O) groups excluding carboxylic acids is 1. The van der Waals surface area contributed by atoms with Gasteiger partial charge in [0.05, 0.1) is 5.56 Å². The second-order valence-corrected chi connectivity index (χ2v) is 7.69. The van der Waals surface area contributed by atoms with E-state index >= 15 is 0 Å². The number of carbonyl (C=O) groups is 1. The third kappa shape index (κ3) is 3.73. The van der Waals surface area contributed by atoms with Crippen LogP contribution >= 0.6 is 0 Å². The monoisotopic (exact) mass is 386 g/mol. The van der Waals surface area contributed by atoms with E-state index in [0.717, 1.165) is 63.5 Å². The molecule has 0 spiro atoms. The number of aromatic nitrogens is 3. The molecule has 4 heterocycles. The maximum absolute atomic E-state index is 12.8. The van der Waals surface area contributed by atoms with E-state index in [9.17, 15) is 9.59 Å². The highest BCUT2D eigenvalue weighted by Gasteiger charge is 2.27. The number of hydrogen-bond donors (Lipinski definition) is 1. The van der Waals surface area contributed by atoms with Crippen molar-refractivity contribution in [2.45, 2.75) is 64.5 Å². The lowest BCUT2D eigenvalue weighted by Crippen LogP contribution is -2.36. The SMILES string of the molecule is Cc1cc(=O)oc(C)c1C(=O)NC1CCc2nnc(C3CCOCC3)n2CC1. The summed E-state index contributed by atoms with van der Waals surface area (Å²) in [6, 6.07) is 1.40. The fourth-order valence-electron chi connectivity index (χ4n) is 4.27. The summed E-state index contributed by atoms with van der Waals surface area (Å²) in [6.45, 7) is 5.75. The first-order valence-electron chi connectivity index (χ1n) is 9.95. The summed E-state index contributed by atoms with van der Waals surface area (Å²) < 4.78 is 12.8. The summed E-state index contributed by atoms with van der Waals surface area (Å²) in [5.41, 5.74) is 0.657. The van der Waals surface area contributed by atoms with Gasteiger partial charge in [0.2, 0.25) is 0 Å². The van der Waals surface area contributed by atoms with Crippen LogP contribution in [-0.4, -0.2) is 39.9 Å². The molecule has 0 saturated carbocycles. The lowest BCUT2D eigenvalue weighted by atomic mass is 9.99. The molecule has 1 atom stereocenters. The van der Waals surface area contributed by atoms with E-state index in [0.29, 0.717) is 22.8 Å². The van der Waals surface area contributed by atoms with Crippen LogP contribution in [0.1, 0.15) is 64.9 Å². The van der Waals surface area contributed by atoms with Gasteiger partial charge >= 0.3 is 5.63 Å². The van der Waals surface area contributed by atoms with Crippen molar-refractivity contribution in [3.05, 3.63) is 45.0 Å². The molecule has 0 aromatic carbocycles. The third-order valence-electron chi connectivity index (χ3n) is 5.76. The van der Waals surface area contributed by atoms with Crippen LogP contribution in [0.4, 0.5) is 0 Å². The van der Waals surface area contributed by atoms with E-state index in [1.54, 1.807) is 13.8 Å². The van der Waals surface area contributed by atoms with Gasteiger partial charge in [-0.3, -0.25) is 4.79 Å². The summed E-state index contributed by atoms with van der Waals surface area (Å²) in [4.78, 5) is 24.2. The standard InChI is InChI=1S/C20H26N4O4/c1-12-11-17(25)28-13(2)18(12)20(26)21-15-3-4-16-22-23-19(24(16)8-5-15)14-6-9-27-10-7-14/h11,14-15H,3-10H2,1-2H3,(H,21,26). The zero-order valence-corrected chi connectivity index (χ0v) is 16.4. The molecule has 2 aromatic rings. The van der Waals surface area contributed by atoms with Crippen LogP contribution < -0.4 is 10.9 Å². The van der Waals surface area contributed by atoms with Crippen molar-refractivity contribution in [3.63, 3.8) is 0 Å². The maximum Gasteiger partial charge on any atom is 0.336 e. The Hall–Kier alpha value is -2.48. The van der Waals surface area contributed by atoms with E-state index in [4.69, 9.17) is 9.15 Å². The van der Waals surface area contributed by atoms with Crippen molar-refractivity contribution in [2.75, 3.05) is 13.2 Å². The first kappa shape index (κ1) is 18.9. The van der Waals surface area contributed by atoms with Gasteiger partial charge in [0.25, 0.3) is 5.91 Å². The minimum atomic E-state index is -0.431. The Balaban J connectivity index is 1.45. The normalized spacial score (nSPS) is 20.4. The summed E-state index contributed by atoms with van der Waals surface area (Å²) in [6.07, 6.45) is 4.38. The smallest absolute Gasteiger partial charge is 0.336 e. The number of amides is 1. The summed E-state index contributed by atoms with van der Waals surface area (Å²) in [5.74, 6) is 2.62. The number of fused-ring (bicyclic) bond motifs is 1. The van der Waals surface area contributed by atoms with Gasteiger partial charge in [-0.2, -0.15) is 0 Å². The lowest BCUT2D eigenvalue weighted by Gasteiger charge is -2.22. The molecule has 4 rings (SSSR count). The van der Waals surface area contributed by atoms with Crippen molar-refractivity contribution in [1.29, 1.82) is 0 Å². The highest BCUT2D eigenvalue weighted by Crippen LogP contribution is 2.28. The van der Waals surface area contributed by atoms with Gasteiger partial charge in [-0.1, -0.05) is 0 Å². The van der Waals surface area contributed by atoms with Crippen LogP contribution in [0.2, 0.25) is 0 Å². The van der Waals surface area contributed by atoms with E-state index in [2.05, 4.69) is 20.1 Å². The first-order valence-corrected chi connectivity index (χ1v) is 9.95. The second kappa shape index (κ2) is 7.87. The molecular formula is C20H26N4O4. The third-order valence-corrected chi connectivity index (χ3v) is 5.76. The lowest BCUT2D eigenvalue weighted by molar-refractivity contribution is 0.0826. The van der Waals surface area contributed by atoms with Crippen molar-refractivity contribution in [3.8, 4) is 0 Å². The topological polar surface area (TPSA) is 99.2 Å². The Labute approximate surface area is 163 Å². The number of aryl methyl sites for hydroxylation is 3. The van der Waals surface area contributed by atoms with Gasteiger partial charge in [0.15, 0.2) is 0 Å². The predicted octanol–water partition coefficient (Wildman–Crippen LogP) is 1.88.